The molecule has 2 bridgehead atoms. The van der Waals surface area contributed by atoms with Crippen LogP contribution >= 0.6 is 0 Å². The van der Waals surface area contributed by atoms with E-state index in [4.69, 9.17) is 14.2 Å². The zero-order valence-corrected chi connectivity index (χ0v) is 22.7. The summed E-state index contributed by atoms with van der Waals surface area (Å²) in [6, 6.07) is 1.32. The Kier molecular flexibility index (Phi) is 12.6. The van der Waals surface area contributed by atoms with Gasteiger partial charge in [0, 0.05) is 38.0 Å². The zero-order chi connectivity index (χ0) is 28.1. The number of carbonyl (C=O) groups excluding carboxylic acids is 2. The fourth-order valence-electron chi connectivity index (χ4n) is 4.34. The fraction of sp³-hybridized carbons (Fsp3) is 0.448. The summed E-state index contributed by atoms with van der Waals surface area (Å²) in [5.74, 6) is -0.648. The van der Waals surface area contributed by atoms with E-state index in [1.165, 1.54) is 13.2 Å². The molecule has 2 rings (SSSR count). The predicted molar refractivity (Wildman–Crippen MR) is 148 cm³/mol. The molecule has 1 aliphatic rings. The Morgan fingerprint density at radius 1 is 1.21 bits per heavy atom. The largest absolute Gasteiger partial charge is 0.506 e. The van der Waals surface area contributed by atoms with Crippen molar-refractivity contribution < 1.29 is 34.0 Å². The number of aromatic hydroxyl groups is 2. The van der Waals surface area contributed by atoms with Gasteiger partial charge in [-0.15, -0.1) is 6.58 Å². The van der Waals surface area contributed by atoms with Gasteiger partial charge < -0.3 is 35.1 Å². The van der Waals surface area contributed by atoms with E-state index in [0.717, 1.165) is 12.0 Å². The van der Waals surface area contributed by atoms with Crippen molar-refractivity contribution in [2.45, 2.75) is 64.3 Å². The zero-order valence-electron chi connectivity index (χ0n) is 22.7. The Hall–Kier alpha value is -3.56. The second-order valence-corrected chi connectivity index (χ2v) is 9.13. The first-order valence-electron chi connectivity index (χ1n) is 12.7. The van der Waals surface area contributed by atoms with E-state index in [1.54, 1.807) is 38.3 Å². The number of amides is 1. The number of hydrogen-bond donors (Lipinski definition) is 4. The average molecular weight is 529 g/mol. The van der Waals surface area contributed by atoms with E-state index >= 15 is 0 Å². The monoisotopic (exact) mass is 528 g/mol. The Morgan fingerprint density at radius 2 is 1.97 bits per heavy atom. The summed E-state index contributed by atoms with van der Waals surface area (Å²) in [6.07, 6.45) is 10.6. The first-order valence-corrected chi connectivity index (χ1v) is 12.7. The quantitative estimate of drug-likeness (QED) is 0.173. The Labute approximate surface area is 224 Å². The summed E-state index contributed by atoms with van der Waals surface area (Å²) in [7, 11) is 3.18. The molecule has 4 N–H and O–H groups in total. The van der Waals surface area contributed by atoms with Crippen LogP contribution in [-0.4, -0.2) is 61.7 Å². The molecular formula is C29H40N2O7. The van der Waals surface area contributed by atoms with Gasteiger partial charge in [-0.05, 0) is 51.5 Å². The molecule has 208 valence electrons. The Bertz CT molecular complexity index is 1060. The van der Waals surface area contributed by atoms with Crippen LogP contribution in [0.5, 0.6) is 11.5 Å². The third-order valence-electron chi connectivity index (χ3n) is 6.52. The van der Waals surface area contributed by atoms with E-state index in [2.05, 4.69) is 17.2 Å². The third-order valence-corrected chi connectivity index (χ3v) is 6.52. The summed E-state index contributed by atoms with van der Waals surface area (Å²) in [5, 5.41) is 27.5. The van der Waals surface area contributed by atoms with Crippen LogP contribution in [0, 0.1) is 0 Å². The Morgan fingerprint density at radius 3 is 2.63 bits per heavy atom. The van der Waals surface area contributed by atoms with Crippen molar-refractivity contribution in [2.24, 2.45) is 0 Å². The molecule has 0 radical (unpaired) electrons. The first-order chi connectivity index (χ1) is 18.3. The lowest BCUT2D eigenvalue weighted by atomic mass is 9.98. The van der Waals surface area contributed by atoms with Gasteiger partial charge in [-0.2, -0.15) is 0 Å². The van der Waals surface area contributed by atoms with Crippen LogP contribution in [0.25, 0.3) is 0 Å². The van der Waals surface area contributed by atoms with Crippen molar-refractivity contribution in [2.75, 3.05) is 31.4 Å². The lowest BCUT2D eigenvalue weighted by Gasteiger charge is -2.23. The molecule has 9 nitrogen and oxygen atoms in total. The highest BCUT2D eigenvalue weighted by atomic mass is 16.6. The van der Waals surface area contributed by atoms with Gasteiger partial charge >= 0.3 is 0 Å². The molecule has 0 saturated carbocycles. The highest BCUT2D eigenvalue weighted by molar-refractivity contribution is 6.04. The number of phenolic OH excluding ortho intramolecular Hbond substituents is 2. The van der Waals surface area contributed by atoms with Crippen LogP contribution in [0.4, 0.5) is 11.4 Å². The molecule has 0 aromatic heterocycles. The molecule has 3 unspecified atom stereocenters. The van der Waals surface area contributed by atoms with Crippen LogP contribution in [0.3, 0.4) is 0 Å². The van der Waals surface area contributed by atoms with E-state index in [1.807, 2.05) is 13.0 Å². The minimum absolute atomic E-state index is 0.0419. The SMILES string of the molecule is C=CCNc1c(O)cc2c(O)c1CCCC(OC)CC/C=C(\C)C(OC=O)C(OC)/C=C\C=C(/C)C(=O)N2. The third kappa shape index (κ3) is 8.49. The number of hydrogen-bond acceptors (Lipinski definition) is 8. The lowest BCUT2D eigenvalue weighted by molar-refractivity contribution is -0.136. The van der Waals surface area contributed by atoms with Crippen molar-refractivity contribution in [3.8, 4) is 11.5 Å². The van der Waals surface area contributed by atoms with E-state index < -0.39 is 18.1 Å². The predicted octanol–water partition coefficient (Wildman–Crippen LogP) is 4.77. The number of methoxy groups -OCH3 is 2. The Balaban J connectivity index is 2.49. The standard InChI is InChI=1S/C29H40N2O7/c1-6-16-30-26-22-14-9-13-21(36-4)12-7-10-19(2)28(38-18-32)25(37-5)15-8-11-20(3)29(35)31-23(27(22)34)17-24(26)33/h6,8,10-11,15,17-18,21,25,28,30,33-34H,1,7,9,12-14,16H2,2-5H3,(H,31,35)/b15-8-,19-10+,20-11+. The smallest absolute Gasteiger partial charge is 0.293 e. The molecule has 1 aromatic rings. The van der Waals surface area contributed by atoms with Crippen molar-refractivity contribution in [3.63, 3.8) is 0 Å². The normalized spacial score (nSPS) is 25.2. The average Bonchev–Trinajstić information content (AvgIpc) is 2.90. The van der Waals surface area contributed by atoms with Crippen molar-refractivity contribution in [1.82, 2.24) is 0 Å². The number of anilines is 2. The molecule has 1 aliphatic heterocycles. The molecule has 3 atom stereocenters. The number of allylic oxidation sites excluding steroid dienone is 3. The van der Waals surface area contributed by atoms with Crippen molar-refractivity contribution in [3.05, 3.63) is 59.7 Å². The van der Waals surface area contributed by atoms with Crippen LogP contribution in [-0.2, 0) is 30.2 Å². The molecule has 0 fully saturated rings. The molecule has 9 heteroatoms. The van der Waals surface area contributed by atoms with Crippen molar-refractivity contribution in [1.29, 1.82) is 0 Å². The highest BCUT2D eigenvalue weighted by Crippen LogP contribution is 2.41. The van der Waals surface area contributed by atoms with Gasteiger partial charge in [0.2, 0.25) is 0 Å². The van der Waals surface area contributed by atoms with Crippen molar-refractivity contribution >= 4 is 23.8 Å². The minimum atomic E-state index is -0.623. The maximum Gasteiger partial charge on any atom is 0.293 e. The highest BCUT2D eigenvalue weighted by Gasteiger charge is 2.23. The van der Waals surface area contributed by atoms with Gasteiger partial charge in [0.25, 0.3) is 12.4 Å². The van der Waals surface area contributed by atoms with Gasteiger partial charge in [-0.1, -0.05) is 30.4 Å². The van der Waals surface area contributed by atoms with E-state index in [9.17, 15) is 19.8 Å². The van der Waals surface area contributed by atoms with Gasteiger partial charge in [-0.3, -0.25) is 9.59 Å². The summed E-state index contributed by atoms with van der Waals surface area (Å²) >= 11 is 0. The van der Waals surface area contributed by atoms with E-state index in [-0.39, 0.29) is 23.3 Å². The summed E-state index contributed by atoms with van der Waals surface area (Å²) in [4.78, 5) is 24.1. The molecule has 38 heavy (non-hydrogen) atoms. The van der Waals surface area contributed by atoms with E-state index in [0.29, 0.717) is 55.5 Å². The number of fused-ring (bicyclic) bond motifs is 2. The minimum Gasteiger partial charge on any atom is -0.506 e. The fourth-order valence-corrected chi connectivity index (χ4v) is 4.34. The van der Waals surface area contributed by atoms with Crippen LogP contribution in [0.1, 0.15) is 45.1 Å². The molecule has 1 amide bonds. The summed E-state index contributed by atoms with van der Waals surface area (Å²) < 4.78 is 16.5. The number of rotatable bonds is 7. The number of nitrogens with one attached hydrogen (secondary N) is 2. The first kappa shape index (κ1) is 30.7. The molecular weight excluding hydrogens is 488 g/mol. The van der Waals surface area contributed by atoms with Gasteiger partial charge in [0.05, 0.1) is 17.5 Å². The molecule has 1 aromatic carbocycles. The molecule has 0 saturated heterocycles. The number of phenols is 2. The maximum absolute atomic E-state index is 12.9. The molecule has 0 aliphatic carbocycles. The summed E-state index contributed by atoms with van der Waals surface area (Å²) in [6.45, 7) is 7.99. The lowest BCUT2D eigenvalue weighted by Crippen LogP contribution is -2.30. The van der Waals surface area contributed by atoms with Gasteiger partial charge in [0.15, 0.2) is 6.10 Å². The second kappa shape index (κ2) is 15.6. The van der Waals surface area contributed by atoms with Gasteiger partial charge in [0.1, 0.15) is 17.6 Å². The number of carbonyl (C=O) groups is 2. The number of benzene rings is 1. The molecule has 0 spiro atoms. The summed E-state index contributed by atoms with van der Waals surface area (Å²) in [5.41, 5.74) is 2.21. The maximum atomic E-state index is 12.9. The van der Waals surface area contributed by atoms with Crippen LogP contribution < -0.4 is 10.6 Å². The van der Waals surface area contributed by atoms with Crippen LogP contribution in [0.2, 0.25) is 0 Å². The topological polar surface area (TPSA) is 126 Å². The van der Waals surface area contributed by atoms with Crippen LogP contribution in [0.15, 0.2) is 54.2 Å². The number of ether oxygens (including phenoxy) is 3. The molecule has 1 heterocycles. The van der Waals surface area contributed by atoms with Gasteiger partial charge in [-0.25, -0.2) is 0 Å². The second-order valence-electron chi connectivity index (χ2n) is 9.13.